The fourth-order valence-corrected chi connectivity index (χ4v) is 3.38. The van der Waals surface area contributed by atoms with Gasteiger partial charge in [0.05, 0.1) is 11.4 Å². The van der Waals surface area contributed by atoms with E-state index < -0.39 is 5.97 Å². The maximum absolute atomic E-state index is 12.2. The first-order valence-corrected chi connectivity index (χ1v) is 9.29. The van der Waals surface area contributed by atoms with E-state index in [9.17, 15) is 9.59 Å². The summed E-state index contributed by atoms with van der Waals surface area (Å²) in [5.41, 5.74) is 3.58. The molecule has 0 bridgehead atoms. The van der Waals surface area contributed by atoms with Crippen LogP contribution < -0.4 is 4.90 Å². The number of ether oxygens (including phenoxy) is 1. The molecule has 27 heavy (non-hydrogen) atoms. The molecule has 0 unspecified atom stereocenters. The summed E-state index contributed by atoms with van der Waals surface area (Å²) in [7, 11) is 0. The lowest BCUT2D eigenvalue weighted by molar-refractivity contribution is -0.115. The SMILES string of the molecule is CC(=O)N(c1ccc(C)c(C)c1)c1nc(COC(=O)c2ccc(C)o2)cs1. The summed E-state index contributed by atoms with van der Waals surface area (Å²) < 4.78 is 10.5. The van der Waals surface area contributed by atoms with Crippen LogP contribution in [-0.2, 0) is 16.1 Å². The number of hydrogen-bond acceptors (Lipinski definition) is 6. The van der Waals surface area contributed by atoms with Crippen molar-refractivity contribution in [2.45, 2.75) is 34.3 Å². The molecule has 3 aromatic rings. The highest BCUT2D eigenvalue weighted by atomic mass is 32.1. The van der Waals surface area contributed by atoms with Crippen molar-refractivity contribution in [3.63, 3.8) is 0 Å². The number of carbonyl (C=O) groups excluding carboxylic acids is 2. The minimum Gasteiger partial charge on any atom is -0.454 e. The Hall–Kier alpha value is -2.93. The average Bonchev–Trinajstić information content (AvgIpc) is 3.25. The van der Waals surface area contributed by atoms with Gasteiger partial charge in [-0.15, -0.1) is 11.3 Å². The second kappa shape index (κ2) is 7.75. The molecule has 0 atom stereocenters. The topological polar surface area (TPSA) is 72.6 Å². The highest BCUT2D eigenvalue weighted by Crippen LogP contribution is 2.30. The third kappa shape index (κ3) is 4.25. The van der Waals surface area contributed by atoms with Gasteiger partial charge >= 0.3 is 5.97 Å². The van der Waals surface area contributed by atoms with Crippen LogP contribution in [0.5, 0.6) is 0 Å². The molecule has 1 aromatic carbocycles. The maximum atomic E-state index is 12.2. The van der Waals surface area contributed by atoms with E-state index in [1.165, 1.54) is 18.3 Å². The Kier molecular flexibility index (Phi) is 5.41. The van der Waals surface area contributed by atoms with Crippen LogP contribution in [0.2, 0.25) is 0 Å². The van der Waals surface area contributed by atoms with Gasteiger partial charge in [0.25, 0.3) is 0 Å². The second-order valence-corrected chi connectivity index (χ2v) is 7.07. The molecule has 140 valence electrons. The number of nitrogens with zero attached hydrogens (tertiary/aromatic N) is 2. The summed E-state index contributed by atoms with van der Waals surface area (Å²) in [4.78, 5) is 30.2. The molecule has 1 amide bonds. The first-order chi connectivity index (χ1) is 12.8. The van der Waals surface area contributed by atoms with Gasteiger partial charge in [-0.1, -0.05) is 6.07 Å². The summed E-state index contributed by atoms with van der Waals surface area (Å²) in [6.45, 7) is 7.28. The Labute approximate surface area is 161 Å². The number of furan rings is 1. The van der Waals surface area contributed by atoms with Crippen LogP contribution in [-0.4, -0.2) is 16.9 Å². The van der Waals surface area contributed by atoms with Gasteiger partial charge in [0.2, 0.25) is 11.7 Å². The Morgan fingerprint density at radius 2 is 1.93 bits per heavy atom. The molecule has 2 aromatic heterocycles. The van der Waals surface area contributed by atoms with E-state index in [0.717, 1.165) is 16.8 Å². The van der Waals surface area contributed by atoms with E-state index in [1.54, 1.807) is 29.3 Å². The van der Waals surface area contributed by atoms with E-state index in [2.05, 4.69) is 4.98 Å². The first kappa shape index (κ1) is 18.8. The second-order valence-electron chi connectivity index (χ2n) is 6.23. The number of thiazole rings is 1. The predicted octanol–water partition coefficient (Wildman–Crippen LogP) is 4.70. The zero-order valence-electron chi connectivity index (χ0n) is 15.6. The highest BCUT2D eigenvalue weighted by molar-refractivity contribution is 7.14. The van der Waals surface area contributed by atoms with E-state index >= 15 is 0 Å². The normalized spacial score (nSPS) is 10.7. The standard InChI is InChI=1S/C20H20N2O4S/c1-12-5-7-17(9-13(12)2)22(15(4)23)20-21-16(11-27-20)10-25-19(24)18-8-6-14(3)26-18/h5-9,11H,10H2,1-4H3. The van der Waals surface area contributed by atoms with Gasteiger partial charge in [-0.2, -0.15) is 0 Å². The lowest BCUT2D eigenvalue weighted by Crippen LogP contribution is -2.22. The van der Waals surface area contributed by atoms with E-state index in [1.807, 2.05) is 32.0 Å². The van der Waals surface area contributed by atoms with Crippen molar-refractivity contribution in [2.75, 3.05) is 4.90 Å². The fourth-order valence-electron chi connectivity index (χ4n) is 2.51. The largest absolute Gasteiger partial charge is 0.454 e. The highest BCUT2D eigenvalue weighted by Gasteiger charge is 2.19. The maximum Gasteiger partial charge on any atom is 0.374 e. The number of anilines is 2. The molecule has 7 heteroatoms. The Morgan fingerprint density at radius 1 is 1.15 bits per heavy atom. The minimum absolute atomic E-state index is 0.00769. The lowest BCUT2D eigenvalue weighted by atomic mass is 10.1. The Bertz CT molecular complexity index is 990. The summed E-state index contributed by atoms with van der Waals surface area (Å²) in [5.74, 6) is 0.115. The average molecular weight is 384 g/mol. The van der Waals surface area contributed by atoms with Crippen molar-refractivity contribution in [3.05, 3.63) is 64.1 Å². The Balaban J connectivity index is 1.75. The fraction of sp³-hybridized carbons (Fsp3) is 0.250. The van der Waals surface area contributed by atoms with Gasteiger partial charge in [-0.3, -0.25) is 9.69 Å². The summed E-state index contributed by atoms with van der Waals surface area (Å²) >= 11 is 1.32. The number of amides is 1. The van der Waals surface area contributed by atoms with Gasteiger partial charge in [-0.25, -0.2) is 9.78 Å². The minimum atomic E-state index is -0.546. The van der Waals surface area contributed by atoms with E-state index in [-0.39, 0.29) is 18.3 Å². The number of benzene rings is 1. The van der Waals surface area contributed by atoms with Crippen LogP contribution in [0.3, 0.4) is 0 Å². The van der Waals surface area contributed by atoms with Crippen molar-refractivity contribution >= 4 is 34.0 Å². The molecule has 6 nitrogen and oxygen atoms in total. The van der Waals surface area contributed by atoms with E-state index in [0.29, 0.717) is 16.6 Å². The molecule has 0 fully saturated rings. The molecule has 0 radical (unpaired) electrons. The van der Waals surface area contributed by atoms with Crippen molar-refractivity contribution in [2.24, 2.45) is 0 Å². The van der Waals surface area contributed by atoms with E-state index in [4.69, 9.17) is 9.15 Å². The molecule has 0 saturated carbocycles. The summed E-state index contributed by atoms with van der Waals surface area (Å²) in [6, 6.07) is 9.09. The Morgan fingerprint density at radius 3 is 2.56 bits per heavy atom. The summed E-state index contributed by atoms with van der Waals surface area (Å²) in [5, 5.41) is 2.30. The number of rotatable bonds is 5. The molecular weight excluding hydrogens is 364 g/mol. The monoisotopic (exact) mass is 384 g/mol. The molecule has 2 heterocycles. The molecule has 0 saturated heterocycles. The zero-order valence-corrected chi connectivity index (χ0v) is 16.4. The number of carbonyl (C=O) groups is 2. The van der Waals surface area contributed by atoms with Crippen molar-refractivity contribution in [3.8, 4) is 0 Å². The summed E-state index contributed by atoms with van der Waals surface area (Å²) in [6.07, 6.45) is 0. The molecule has 0 spiro atoms. The van der Waals surface area contributed by atoms with Crippen LogP contribution in [0, 0.1) is 20.8 Å². The van der Waals surface area contributed by atoms with Gasteiger partial charge in [0, 0.05) is 12.3 Å². The first-order valence-electron chi connectivity index (χ1n) is 8.41. The van der Waals surface area contributed by atoms with Crippen LogP contribution in [0.4, 0.5) is 10.8 Å². The molecule has 0 aliphatic rings. The number of hydrogen-bond donors (Lipinski definition) is 0. The van der Waals surface area contributed by atoms with Gasteiger partial charge in [0.15, 0.2) is 5.13 Å². The van der Waals surface area contributed by atoms with Crippen molar-refractivity contribution in [1.29, 1.82) is 0 Å². The van der Waals surface area contributed by atoms with Crippen molar-refractivity contribution < 1.29 is 18.7 Å². The zero-order chi connectivity index (χ0) is 19.6. The van der Waals surface area contributed by atoms with Crippen molar-refractivity contribution in [1.82, 2.24) is 4.98 Å². The third-order valence-corrected chi connectivity index (χ3v) is 4.96. The van der Waals surface area contributed by atoms with Crippen LogP contribution in [0.15, 0.2) is 40.1 Å². The van der Waals surface area contributed by atoms with Gasteiger partial charge < -0.3 is 9.15 Å². The molecule has 0 N–H and O–H groups in total. The molecule has 0 aliphatic carbocycles. The molecular formula is C20H20N2O4S. The van der Waals surface area contributed by atoms with Gasteiger partial charge in [-0.05, 0) is 56.2 Å². The van der Waals surface area contributed by atoms with Crippen LogP contribution in [0.1, 0.15) is 40.1 Å². The number of aryl methyl sites for hydroxylation is 3. The lowest BCUT2D eigenvalue weighted by Gasteiger charge is -2.19. The molecule has 0 aliphatic heterocycles. The molecule has 3 rings (SSSR count). The third-order valence-electron chi connectivity index (χ3n) is 4.09. The van der Waals surface area contributed by atoms with Gasteiger partial charge in [0.1, 0.15) is 12.4 Å². The quantitative estimate of drug-likeness (QED) is 0.596. The number of aromatic nitrogens is 1. The smallest absolute Gasteiger partial charge is 0.374 e. The van der Waals surface area contributed by atoms with Crippen LogP contribution in [0.25, 0.3) is 0 Å². The predicted molar refractivity (Wildman–Crippen MR) is 103 cm³/mol. The number of esters is 1. The van der Waals surface area contributed by atoms with Crippen LogP contribution >= 0.6 is 11.3 Å².